The van der Waals surface area contributed by atoms with Crippen LogP contribution in [0.3, 0.4) is 0 Å². The van der Waals surface area contributed by atoms with Crippen molar-refractivity contribution in [2.45, 2.75) is 472 Å². The average Bonchev–Trinajstić information content (AvgIpc) is 1.44. The lowest BCUT2D eigenvalue weighted by molar-refractivity contribution is 0.276. The summed E-state index contributed by atoms with van der Waals surface area (Å²) in [5, 5.41) is 7.79. The Balaban J connectivity index is 1.36. The van der Waals surface area contributed by atoms with Gasteiger partial charge >= 0.3 is 0 Å². The fraction of sp³-hybridized carbons (Fsp3) is 0.786. The first-order valence-corrected chi connectivity index (χ1v) is 46.6. The summed E-state index contributed by atoms with van der Waals surface area (Å²) in [6, 6.07) is 19.2. The fourth-order valence-corrected chi connectivity index (χ4v) is 15.4. The first kappa shape index (κ1) is 94.0. The van der Waals surface area contributed by atoms with Crippen molar-refractivity contribution in [2.24, 2.45) is 0 Å². The third kappa shape index (κ3) is 53.5. The minimum atomic E-state index is 0.372. The highest BCUT2D eigenvalue weighted by atomic mass is 16.5. The summed E-state index contributed by atoms with van der Waals surface area (Å²) in [6.07, 6.45) is 87.7. The molecule has 8 heteroatoms. The number of hydrogen-bond donors (Lipinski definition) is 1. The molecule has 0 bridgehead atoms. The molecule has 0 aliphatic carbocycles. The van der Waals surface area contributed by atoms with Crippen LogP contribution in [0, 0.1) is 13.8 Å². The van der Waals surface area contributed by atoms with Gasteiger partial charge in [-0.3, -0.25) is 5.10 Å². The maximum atomic E-state index is 6.82. The third-order valence-electron chi connectivity index (χ3n) is 22.4. The zero-order chi connectivity index (χ0) is 75.2. The molecule has 0 saturated heterocycles. The van der Waals surface area contributed by atoms with Crippen molar-refractivity contribution >= 4 is 0 Å². The molecular formula is C98H170N2O6. The standard InChI is InChI=1S/C98H170N2O6/c1-7-11-15-19-23-27-31-35-39-43-47-51-55-59-63-67-71-101-92-77-90(78-93(82-92)102-72-68-64-60-56-52-48-44-40-36-32-28-24-20-16-12-8-2)85-105-96-75-89(81-98-87(5)99-100-88(98)6)76-97(84-96)106-86-91-79-94(103-73-69-65-61-57-53-49-45-41-37-33-29-25-21-17-13-9-3)83-95(80-91)104-74-70-66-62-58-54-50-46-42-38-34-30-26-22-18-14-10-4/h75-80,82-84H,7-74,81,85-86H2,1-6H3,(H,99,100). The van der Waals surface area contributed by atoms with Crippen molar-refractivity contribution in [1.82, 2.24) is 10.2 Å². The molecule has 0 aliphatic heterocycles. The third-order valence-corrected chi connectivity index (χ3v) is 22.4. The second-order valence-corrected chi connectivity index (χ2v) is 32.7. The molecular weight excluding hydrogens is 1300 g/mol. The van der Waals surface area contributed by atoms with E-state index in [0.29, 0.717) is 46.1 Å². The molecule has 1 aromatic heterocycles. The number of unbranched alkanes of at least 4 members (excludes halogenated alkanes) is 60. The van der Waals surface area contributed by atoms with Gasteiger partial charge in [0.25, 0.3) is 0 Å². The summed E-state index contributed by atoms with van der Waals surface area (Å²) in [6.45, 7) is 17.0. The van der Waals surface area contributed by atoms with Crippen LogP contribution >= 0.6 is 0 Å². The van der Waals surface area contributed by atoms with Gasteiger partial charge in [0.2, 0.25) is 0 Å². The van der Waals surface area contributed by atoms with Crippen LogP contribution in [0.25, 0.3) is 0 Å². The minimum Gasteiger partial charge on any atom is -0.493 e. The van der Waals surface area contributed by atoms with E-state index in [4.69, 9.17) is 28.4 Å². The summed E-state index contributed by atoms with van der Waals surface area (Å²) in [7, 11) is 0. The van der Waals surface area contributed by atoms with Gasteiger partial charge in [0.15, 0.2) is 0 Å². The van der Waals surface area contributed by atoms with E-state index in [1.165, 1.54) is 391 Å². The molecule has 1 N–H and O–H groups in total. The number of aryl methyl sites for hydroxylation is 2. The average molecular weight is 1470 g/mol. The zero-order valence-corrected chi connectivity index (χ0v) is 70.8. The van der Waals surface area contributed by atoms with Crippen LogP contribution in [0.2, 0.25) is 0 Å². The number of aromatic amines is 1. The normalized spacial score (nSPS) is 11.5. The van der Waals surface area contributed by atoms with Crippen LogP contribution in [0.1, 0.15) is 472 Å². The summed E-state index contributed by atoms with van der Waals surface area (Å²) in [5.41, 5.74) is 6.46. The van der Waals surface area contributed by atoms with E-state index >= 15 is 0 Å². The monoisotopic (exact) mass is 1470 g/mol. The highest BCUT2D eigenvalue weighted by molar-refractivity contribution is 5.44. The Bertz CT molecular complexity index is 2280. The van der Waals surface area contributed by atoms with Crippen LogP contribution in [0.4, 0.5) is 0 Å². The van der Waals surface area contributed by atoms with E-state index < -0.39 is 0 Å². The Labute approximate surface area is 656 Å². The summed E-state index contributed by atoms with van der Waals surface area (Å²) in [5.74, 6) is 4.96. The second kappa shape index (κ2) is 69.8. The number of nitrogens with zero attached hydrogens (tertiary/aromatic N) is 1. The van der Waals surface area contributed by atoms with E-state index in [1.807, 2.05) is 0 Å². The summed E-state index contributed by atoms with van der Waals surface area (Å²) < 4.78 is 39.9. The quantitative estimate of drug-likeness (QED) is 0.0441. The molecule has 4 aromatic rings. The van der Waals surface area contributed by atoms with E-state index in [0.717, 1.165) is 88.3 Å². The Morgan fingerprint density at radius 1 is 0.217 bits per heavy atom. The number of H-pyrrole nitrogens is 1. The minimum absolute atomic E-state index is 0.372. The molecule has 0 unspecified atom stereocenters. The van der Waals surface area contributed by atoms with Gasteiger partial charge in [-0.2, -0.15) is 5.10 Å². The summed E-state index contributed by atoms with van der Waals surface area (Å²) >= 11 is 0. The van der Waals surface area contributed by atoms with Crippen LogP contribution in [0.5, 0.6) is 34.5 Å². The Morgan fingerprint density at radius 2 is 0.396 bits per heavy atom. The fourth-order valence-electron chi connectivity index (χ4n) is 15.4. The van der Waals surface area contributed by atoms with Crippen molar-refractivity contribution in [3.8, 4) is 34.5 Å². The molecule has 106 heavy (non-hydrogen) atoms. The number of benzene rings is 3. The summed E-state index contributed by atoms with van der Waals surface area (Å²) in [4.78, 5) is 0. The molecule has 0 spiro atoms. The van der Waals surface area contributed by atoms with Gasteiger partial charge in [-0.05, 0) is 92.6 Å². The van der Waals surface area contributed by atoms with Gasteiger partial charge in [-0.25, -0.2) is 0 Å². The first-order chi connectivity index (χ1) is 52.4. The predicted octanol–water partition coefficient (Wildman–Crippen LogP) is 32.3. The molecule has 0 fully saturated rings. The first-order valence-electron chi connectivity index (χ1n) is 46.6. The number of aromatic nitrogens is 2. The van der Waals surface area contributed by atoms with Crippen LogP contribution in [0.15, 0.2) is 54.6 Å². The Kier molecular flexibility index (Phi) is 62.0. The zero-order valence-electron chi connectivity index (χ0n) is 70.8. The molecule has 4 rings (SSSR count). The number of nitrogens with one attached hydrogen (secondary N) is 1. The van der Waals surface area contributed by atoms with Gasteiger partial charge in [0, 0.05) is 35.9 Å². The van der Waals surface area contributed by atoms with Gasteiger partial charge in [0.1, 0.15) is 47.7 Å². The van der Waals surface area contributed by atoms with Crippen molar-refractivity contribution in [3.05, 3.63) is 88.2 Å². The highest BCUT2D eigenvalue weighted by Crippen LogP contribution is 2.32. The van der Waals surface area contributed by atoms with Crippen molar-refractivity contribution < 1.29 is 28.4 Å². The van der Waals surface area contributed by atoms with E-state index in [9.17, 15) is 0 Å². The number of rotatable bonds is 80. The largest absolute Gasteiger partial charge is 0.493 e. The van der Waals surface area contributed by atoms with Gasteiger partial charge < -0.3 is 28.4 Å². The van der Waals surface area contributed by atoms with Crippen LogP contribution < -0.4 is 28.4 Å². The molecule has 8 nitrogen and oxygen atoms in total. The SMILES string of the molecule is CCCCCCCCCCCCCCCCCCOc1cc(COc2cc(Cc3c(C)n[nH]c3C)cc(OCc3cc(OCCCCCCCCCCCCCCCCCC)cc(OCCCCCCCCCCCCCCCCCC)c3)c2)cc(OCCCCCCCCCCCCCCCCCC)c1. The molecule has 1 heterocycles. The van der Waals surface area contributed by atoms with Crippen LogP contribution in [-0.2, 0) is 19.6 Å². The Hall–Kier alpha value is -4.33. The maximum Gasteiger partial charge on any atom is 0.123 e. The lowest BCUT2D eigenvalue weighted by Gasteiger charge is -2.16. The molecule has 0 saturated carbocycles. The van der Waals surface area contributed by atoms with Crippen molar-refractivity contribution in [1.29, 1.82) is 0 Å². The van der Waals surface area contributed by atoms with Gasteiger partial charge in [0.05, 0.1) is 32.1 Å². The molecule has 0 amide bonds. The lowest BCUT2D eigenvalue weighted by atomic mass is 10.0. The molecule has 0 atom stereocenters. The van der Waals surface area contributed by atoms with Gasteiger partial charge in [-0.1, -0.05) is 413 Å². The van der Waals surface area contributed by atoms with E-state index in [1.54, 1.807) is 0 Å². The van der Waals surface area contributed by atoms with E-state index in [-0.39, 0.29) is 0 Å². The maximum absolute atomic E-state index is 6.82. The lowest BCUT2D eigenvalue weighted by Crippen LogP contribution is -2.04. The Morgan fingerprint density at radius 3 is 0.585 bits per heavy atom. The van der Waals surface area contributed by atoms with Crippen LogP contribution in [-0.4, -0.2) is 36.6 Å². The topological polar surface area (TPSA) is 84.1 Å². The smallest absolute Gasteiger partial charge is 0.123 e. The molecule has 3 aromatic carbocycles. The van der Waals surface area contributed by atoms with Gasteiger partial charge in [-0.15, -0.1) is 0 Å². The highest BCUT2D eigenvalue weighted by Gasteiger charge is 2.14. The second-order valence-electron chi connectivity index (χ2n) is 32.7. The molecule has 608 valence electrons. The molecule has 0 radical (unpaired) electrons. The van der Waals surface area contributed by atoms with E-state index in [2.05, 4.69) is 106 Å². The van der Waals surface area contributed by atoms with Crippen molar-refractivity contribution in [2.75, 3.05) is 26.4 Å². The molecule has 0 aliphatic rings. The number of ether oxygens (including phenoxy) is 6. The van der Waals surface area contributed by atoms with Crippen molar-refractivity contribution in [3.63, 3.8) is 0 Å². The predicted molar refractivity (Wildman–Crippen MR) is 459 cm³/mol. The number of hydrogen-bond acceptors (Lipinski definition) is 7.